The van der Waals surface area contributed by atoms with Crippen molar-refractivity contribution in [2.75, 3.05) is 13.7 Å². The minimum atomic E-state index is -0.0375. The first-order chi connectivity index (χ1) is 2.91. The number of ether oxygens (including phenoxy) is 1. The zero-order chi connectivity index (χ0) is 4.83. The van der Waals surface area contributed by atoms with Gasteiger partial charge in [0.2, 0.25) is 0 Å². The van der Waals surface area contributed by atoms with Crippen molar-refractivity contribution >= 4 is 0 Å². The highest BCUT2D eigenvalue weighted by atomic mass is 16.5. The summed E-state index contributed by atoms with van der Waals surface area (Å²) in [7, 11) is -0.0375. The third-order valence-electron chi connectivity index (χ3n) is 0.185. The topological polar surface area (TPSA) is 9.23 Å². The summed E-state index contributed by atoms with van der Waals surface area (Å²) in [6.07, 6.45) is 4.76. The molecule has 0 amide bonds. The van der Waals surface area contributed by atoms with E-state index in [0.717, 1.165) is 0 Å². The molecule has 0 atom stereocenters. The maximum atomic E-state index is 6.39. The average molecular weight is 72.1 g/mol. The lowest BCUT2D eigenvalue weighted by Crippen LogP contribution is -1.77. The quantitative estimate of drug-likeness (QED) is 0.319. The fraction of sp³-hybridized carbons (Fsp3) is 0.500. The molecule has 0 radical (unpaired) electrons. The highest BCUT2D eigenvalue weighted by Crippen LogP contribution is 1.53. The smallest absolute Gasteiger partial charge is 0.107 e. The van der Waals surface area contributed by atoms with Crippen molar-refractivity contribution in [1.29, 1.82) is 0 Å². The molecule has 1 nitrogen and oxygen atoms in total. The van der Waals surface area contributed by atoms with Crippen LogP contribution in [0.5, 0.6) is 0 Å². The van der Waals surface area contributed by atoms with Crippen molar-refractivity contribution in [2.24, 2.45) is 0 Å². The Bertz CT molecular complexity index is 55.1. The van der Waals surface area contributed by atoms with Gasteiger partial charge in [0.05, 0.1) is 1.37 Å². The molecule has 0 rings (SSSR count). The van der Waals surface area contributed by atoms with Crippen molar-refractivity contribution in [3.8, 4) is 12.3 Å². The standard InChI is InChI=1S/C4H6O/c1-3-4-5-2/h1H,4H2,2H3/i2T. The minimum Gasteiger partial charge on any atom is -0.372 e. The first-order valence-electron chi connectivity index (χ1n) is 1.93. The first kappa shape index (κ1) is 2.74. The van der Waals surface area contributed by atoms with E-state index in [1.54, 1.807) is 0 Å². The number of terminal acetylenes is 1. The number of rotatable bonds is 1. The fourth-order valence-electron chi connectivity index (χ4n) is 0.0589. The van der Waals surface area contributed by atoms with Crippen LogP contribution in [0.1, 0.15) is 1.37 Å². The zero-order valence-corrected chi connectivity index (χ0v) is 2.90. The van der Waals surface area contributed by atoms with Crippen LogP contribution in [-0.4, -0.2) is 13.7 Å². The van der Waals surface area contributed by atoms with Gasteiger partial charge in [0.15, 0.2) is 0 Å². The molecule has 0 saturated heterocycles. The zero-order valence-electron chi connectivity index (χ0n) is 3.90. The van der Waals surface area contributed by atoms with Crippen molar-refractivity contribution in [2.45, 2.75) is 0 Å². The number of methoxy groups -OCH3 is 1. The molecule has 0 aromatic heterocycles. The third-order valence-corrected chi connectivity index (χ3v) is 0.185. The van der Waals surface area contributed by atoms with Gasteiger partial charge >= 0.3 is 0 Å². The lowest BCUT2D eigenvalue weighted by atomic mass is 10.8. The highest BCUT2D eigenvalue weighted by Gasteiger charge is 1.57. The van der Waals surface area contributed by atoms with Crippen molar-refractivity contribution in [3.63, 3.8) is 0 Å². The van der Waals surface area contributed by atoms with Gasteiger partial charge in [-0.3, -0.25) is 0 Å². The van der Waals surface area contributed by atoms with E-state index in [0.29, 0.717) is 0 Å². The molecule has 1 heteroatoms. The van der Waals surface area contributed by atoms with Gasteiger partial charge in [0.1, 0.15) is 6.61 Å². The Hall–Kier alpha value is -0.480. The molecule has 0 aliphatic rings. The molecule has 0 fully saturated rings. The summed E-state index contributed by atoms with van der Waals surface area (Å²) >= 11 is 0. The SMILES string of the molecule is [3H]COCC#C. The minimum absolute atomic E-state index is 0.0375. The maximum Gasteiger partial charge on any atom is 0.107 e. The Morgan fingerprint density at radius 1 is 2.40 bits per heavy atom. The summed E-state index contributed by atoms with van der Waals surface area (Å²) in [4.78, 5) is 0. The van der Waals surface area contributed by atoms with Crippen molar-refractivity contribution in [1.82, 2.24) is 0 Å². The molecule has 0 unspecified atom stereocenters. The molecule has 0 aliphatic heterocycles. The summed E-state index contributed by atoms with van der Waals surface area (Å²) in [5, 5.41) is 0. The molecular weight excluding hydrogens is 64.0 g/mol. The van der Waals surface area contributed by atoms with E-state index in [-0.39, 0.29) is 13.7 Å². The van der Waals surface area contributed by atoms with Gasteiger partial charge in [-0.05, 0) is 0 Å². The van der Waals surface area contributed by atoms with Gasteiger partial charge in [-0.25, -0.2) is 0 Å². The van der Waals surface area contributed by atoms with Crippen LogP contribution >= 0.6 is 0 Å². The Labute approximate surface area is 33.4 Å². The van der Waals surface area contributed by atoms with Crippen LogP contribution in [0.25, 0.3) is 0 Å². The van der Waals surface area contributed by atoms with E-state index >= 15 is 0 Å². The van der Waals surface area contributed by atoms with E-state index in [9.17, 15) is 0 Å². The van der Waals surface area contributed by atoms with Crippen LogP contribution in [0.15, 0.2) is 0 Å². The van der Waals surface area contributed by atoms with Crippen LogP contribution in [0, 0.1) is 12.3 Å². The highest BCUT2D eigenvalue weighted by molar-refractivity contribution is 4.82. The summed E-state index contributed by atoms with van der Waals surface area (Å²) < 4.78 is 10.8. The molecule has 0 aliphatic carbocycles. The van der Waals surface area contributed by atoms with E-state index in [1.807, 2.05) is 0 Å². The van der Waals surface area contributed by atoms with E-state index in [1.165, 1.54) is 0 Å². The third kappa shape index (κ3) is 3.52. The molecule has 0 heterocycles. The molecule has 0 aromatic carbocycles. The second-order valence-electron chi connectivity index (χ2n) is 0.553. The Kier molecular flexibility index (Phi) is 1.93. The Balaban J connectivity index is 2.54. The van der Waals surface area contributed by atoms with Crippen LogP contribution in [-0.2, 0) is 4.74 Å². The van der Waals surface area contributed by atoms with E-state index < -0.39 is 0 Å². The first-order valence-corrected chi connectivity index (χ1v) is 1.22. The predicted molar refractivity (Wildman–Crippen MR) is 20.7 cm³/mol. The summed E-state index contributed by atoms with van der Waals surface area (Å²) in [6, 6.07) is 0. The molecule has 28 valence electrons. The predicted octanol–water partition coefficient (Wildman–Crippen LogP) is 0.266. The summed E-state index contributed by atoms with van der Waals surface area (Å²) in [5.74, 6) is 2.23. The van der Waals surface area contributed by atoms with Crippen LogP contribution < -0.4 is 0 Å². The lowest BCUT2D eigenvalue weighted by molar-refractivity contribution is 0.240. The van der Waals surface area contributed by atoms with Crippen LogP contribution in [0.4, 0.5) is 0 Å². The lowest BCUT2D eigenvalue weighted by Gasteiger charge is -1.76. The maximum absolute atomic E-state index is 6.39. The average Bonchev–Trinajstić information content (AvgIpc) is 1.61. The van der Waals surface area contributed by atoms with E-state index in [2.05, 4.69) is 10.7 Å². The Morgan fingerprint density at radius 3 is 3.40 bits per heavy atom. The molecule has 0 spiro atoms. The van der Waals surface area contributed by atoms with Gasteiger partial charge in [-0.2, -0.15) is 0 Å². The van der Waals surface area contributed by atoms with Crippen molar-refractivity contribution in [3.05, 3.63) is 0 Å². The summed E-state index contributed by atoms with van der Waals surface area (Å²) in [6.45, 7) is 0.253. The second kappa shape index (κ2) is 3.52. The van der Waals surface area contributed by atoms with Gasteiger partial charge in [-0.1, -0.05) is 5.92 Å². The van der Waals surface area contributed by atoms with Gasteiger partial charge in [-0.15, -0.1) is 6.42 Å². The Morgan fingerprint density at radius 2 is 3.20 bits per heavy atom. The molecule has 0 N–H and O–H groups in total. The van der Waals surface area contributed by atoms with Crippen LogP contribution in [0.2, 0.25) is 0 Å². The fourth-order valence-corrected chi connectivity index (χ4v) is 0.0589. The number of hydrogen-bond acceptors (Lipinski definition) is 1. The second-order valence-corrected chi connectivity index (χ2v) is 0.553. The molecule has 0 bridgehead atoms. The molecule has 0 aromatic rings. The monoisotopic (exact) mass is 72.1 g/mol. The molecule has 0 saturated carbocycles. The normalized spacial score (nSPS) is 9.00. The van der Waals surface area contributed by atoms with Gasteiger partial charge in [0.25, 0.3) is 0 Å². The van der Waals surface area contributed by atoms with E-state index in [4.69, 9.17) is 7.79 Å². The molecule has 5 heavy (non-hydrogen) atoms. The van der Waals surface area contributed by atoms with Gasteiger partial charge in [0, 0.05) is 7.09 Å². The largest absolute Gasteiger partial charge is 0.372 e. The number of hydrogen-bond donors (Lipinski definition) is 0. The molecular formula is C4H6O. The van der Waals surface area contributed by atoms with Gasteiger partial charge < -0.3 is 4.74 Å². The van der Waals surface area contributed by atoms with Crippen molar-refractivity contribution < 1.29 is 6.11 Å². The summed E-state index contributed by atoms with van der Waals surface area (Å²) in [5.41, 5.74) is 0. The van der Waals surface area contributed by atoms with Crippen LogP contribution in [0.3, 0.4) is 0 Å².